The van der Waals surface area contributed by atoms with Gasteiger partial charge in [0.1, 0.15) is 0 Å². The highest BCUT2D eigenvalue weighted by Gasteiger charge is 2.15. The van der Waals surface area contributed by atoms with Crippen molar-refractivity contribution in [2.24, 2.45) is 0 Å². The summed E-state index contributed by atoms with van der Waals surface area (Å²) in [6.45, 7) is 0. The highest BCUT2D eigenvalue weighted by Crippen LogP contribution is 2.26. The maximum Gasteiger partial charge on any atom is 0.261 e. The minimum absolute atomic E-state index is 0.0485. The van der Waals surface area contributed by atoms with Crippen LogP contribution in [0.5, 0.6) is 0 Å². The third-order valence-corrected chi connectivity index (χ3v) is 5.58. The van der Waals surface area contributed by atoms with Crippen molar-refractivity contribution >= 4 is 50.5 Å². The zero-order valence-corrected chi connectivity index (χ0v) is 16.1. The van der Waals surface area contributed by atoms with Crippen LogP contribution in [0.2, 0.25) is 10.0 Å². The van der Waals surface area contributed by atoms with Gasteiger partial charge in [0.15, 0.2) is 0 Å². The van der Waals surface area contributed by atoms with E-state index in [-0.39, 0.29) is 4.90 Å². The second-order valence-corrected chi connectivity index (χ2v) is 8.10. The Hall–Kier alpha value is -2.54. The average Bonchev–Trinajstić information content (AvgIpc) is 2.64. The fraction of sp³-hybridized carbons (Fsp3) is 0. The van der Waals surface area contributed by atoms with Crippen molar-refractivity contribution in [3.63, 3.8) is 0 Å². The predicted octanol–water partition coefficient (Wildman–Crippen LogP) is 5.05. The average molecular weight is 421 g/mol. The number of sulfonamides is 1. The van der Waals surface area contributed by atoms with E-state index in [1.54, 1.807) is 42.5 Å². The number of carbonyl (C=O) groups excluding carboxylic acids is 1. The maximum absolute atomic E-state index is 12.4. The fourth-order valence-electron chi connectivity index (χ4n) is 2.29. The van der Waals surface area contributed by atoms with E-state index in [2.05, 4.69) is 10.0 Å². The molecule has 2 N–H and O–H groups in total. The summed E-state index contributed by atoms with van der Waals surface area (Å²) in [6.07, 6.45) is 0. The highest BCUT2D eigenvalue weighted by molar-refractivity contribution is 7.92. The van der Waals surface area contributed by atoms with E-state index in [1.165, 1.54) is 30.3 Å². The van der Waals surface area contributed by atoms with E-state index in [0.717, 1.165) is 0 Å². The molecule has 8 heteroatoms. The van der Waals surface area contributed by atoms with Gasteiger partial charge in [0.05, 0.1) is 15.6 Å². The van der Waals surface area contributed by atoms with Gasteiger partial charge in [-0.2, -0.15) is 0 Å². The molecule has 3 aromatic rings. The van der Waals surface area contributed by atoms with Crippen molar-refractivity contribution in [1.82, 2.24) is 0 Å². The number of hydrogen-bond acceptors (Lipinski definition) is 3. The lowest BCUT2D eigenvalue weighted by atomic mass is 10.2. The van der Waals surface area contributed by atoms with Crippen LogP contribution < -0.4 is 10.0 Å². The first-order chi connectivity index (χ1) is 12.8. The first-order valence-electron chi connectivity index (χ1n) is 7.79. The summed E-state index contributed by atoms with van der Waals surface area (Å²) >= 11 is 11.9. The quantitative estimate of drug-likeness (QED) is 0.606. The lowest BCUT2D eigenvalue weighted by Crippen LogP contribution is -2.15. The van der Waals surface area contributed by atoms with Gasteiger partial charge in [-0.3, -0.25) is 9.52 Å². The zero-order chi connectivity index (χ0) is 19.4. The predicted molar refractivity (Wildman–Crippen MR) is 108 cm³/mol. The largest absolute Gasteiger partial charge is 0.321 e. The fourth-order valence-corrected chi connectivity index (χ4v) is 3.81. The van der Waals surface area contributed by atoms with Crippen LogP contribution in [0.1, 0.15) is 10.4 Å². The van der Waals surface area contributed by atoms with Gasteiger partial charge < -0.3 is 5.32 Å². The molecule has 5 nitrogen and oxygen atoms in total. The number of halogens is 2. The van der Waals surface area contributed by atoms with E-state index in [1.807, 2.05) is 0 Å². The molecule has 0 fully saturated rings. The number of hydrogen-bond donors (Lipinski definition) is 2. The number of anilines is 2. The molecule has 3 rings (SSSR count). The molecule has 0 unspecified atom stereocenters. The van der Waals surface area contributed by atoms with Crippen LogP contribution in [0.25, 0.3) is 0 Å². The molecule has 0 saturated heterocycles. The van der Waals surface area contributed by atoms with Crippen LogP contribution in [0.15, 0.2) is 77.7 Å². The van der Waals surface area contributed by atoms with E-state index in [9.17, 15) is 13.2 Å². The third-order valence-electron chi connectivity index (χ3n) is 3.63. The van der Waals surface area contributed by atoms with Crippen molar-refractivity contribution < 1.29 is 13.2 Å². The molecule has 0 bridgehead atoms. The van der Waals surface area contributed by atoms with E-state index >= 15 is 0 Å². The Labute approximate surface area is 167 Å². The molecule has 27 heavy (non-hydrogen) atoms. The first kappa shape index (κ1) is 19.2. The molecular formula is C19H14Cl2N2O3S. The van der Waals surface area contributed by atoms with Gasteiger partial charge in [0.25, 0.3) is 15.9 Å². The molecule has 0 aromatic heterocycles. The monoisotopic (exact) mass is 420 g/mol. The molecule has 0 spiro atoms. The molecule has 0 radical (unpaired) electrons. The number of para-hydroxylation sites is 1. The van der Waals surface area contributed by atoms with Gasteiger partial charge in [0.2, 0.25) is 0 Å². The van der Waals surface area contributed by atoms with Crippen LogP contribution in [-0.2, 0) is 10.0 Å². The van der Waals surface area contributed by atoms with Gasteiger partial charge in [-0.1, -0.05) is 41.4 Å². The molecule has 0 aliphatic rings. The van der Waals surface area contributed by atoms with Crippen LogP contribution in [0.4, 0.5) is 11.4 Å². The summed E-state index contributed by atoms with van der Waals surface area (Å²) in [7, 11) is -3.74. The molecule has 0 heterocycles. The molecule has 0 saturated carbocycles. The maximum atomic E-state index is 12.4. The Morgan fingerprint density at radius 2 is 1.52 bits per heavy atom. The highest BCUT2D eigenvalue weighted by atomic mass is 35.5. The summed E-state index contributed by atoms with van der Waals surface area (Å²) in [4.78, 5) is 12.4. The van der Waals surface area contributed by atoms with Crippen molar-refractivity contribution in [2.75, 3.05) is 10.0 Å². The number of amides is 1. The van der Waals surface area contributed by atoms with Crippen molar-refractivity contribution in [1.29, 1.82) is 0 Å². The normalized spacial score (nSPS) is 11.0. The molecule has 138 valence electrons. The molecular weight excluding hydrogens is 407 g/mol. The van der Waals surface area contributed by atoms with Crippen LogP contribution >= 0.6 is 23.2 Å². The molecule has 0 atom stereocenters. The Balaban J connectivity index is 1.75. The molecule has 0 aliphatic heterocycles. The lowest BCUT2D eigenvalue weighted by molar-refractivity contribution is 0.102. The van der Waals surface area contributed by atoms with E-state index < -0.39 is 15.9 Å². The number of benzene rings is 3. The van der Waals surface area contributed by atoms with E-state index in [0.29, 0.717) is 27.0 Å². The SMILES string of the molecule is O=C(Nc1ccc(Cl)cc1Cl)c1ccc(S(=O)(=O)Nc2ccccc2)cc1. The Morgan fingerprint density at radius 1 is 0.852 bits per heavy atom. The second-order valence-electron chi connectivity index (χ2n) is 5.57. The standard InChI is InChI=1S/C19H14Cl2N2O3S/c20-14-8-11-18(17(21)12-14)22-19(24)13-6-9-16(10-7-13)27(25,26)23-15-4-2-1-3-5-15/h1-12,23H,(H,22,24). The molecule has 3 aromatic carbocycles. The number of carbonyl (C=O) groups is 1. The number of rotatable bonds is 5. The van der Waals surface area contributed by atoms with Gasteiger partial charge in [-0.25, -0.2) is 8.42 Å². The number of nitrogens with one attached hydrogen (secondary N) is 2. The van der Waals surface area contributed by atoms with Crippen molar-refractivity contribution in [3.05, 3.63) is 88.4 Å². The van der Waals surface area contributed by atoms with E-state index in [4.69, 9.17) is 23.2 Å². The van der Waals surface area contributed by atoms with Crippen molar-refractivity contribution in [3.8, 4) is 0 Å². The summed E-state index contributed by atoms with van der Waals surface area (Å²) in [6, 6.07) is 18.8. The third kappa shape index (κ3) is 4.80. The Kier molecular flexibility index (Phi) is 5.70. The Bertz CT molecular complexity index is 1070. The summed E-state index contributed by atoms with van der Waals surface area (Å²) < 4.78 is 27.3. The zero-order valence-electron chi connectivity index (χ0n) is 13.8. The van der Waals surface area contributed by atoms with Gasteiger partial charge in [0, 0.05) is 16.3 Å². The van der Waals surface area contributed by atoms with Gasteiger partial charge in [-0.05, 0) is 54.6 Å². The Morgan fingerprint density at radius 3 is 2.15 bits per heavy atom. The summed E-state index contributed by atoms with van der Waals surface area (Å²) in [5.74, 6) is -0.417. The smallest absolute Gasteiger partial charge is 0.261 e. The van der Waals surface area contributed by atoms with Crippen LogP contribution in [-0.4, -0.2) is 14.3 Å². The first-order valence-corrected chi connectivity index (χ1v) is 10.0. The van der Waals surface area contributed by atoms with Gasteiger partial charge >= 0.3 is 0 Å². The molecule has 0 aliphatic carbocycles. The second kappa shape index (κ2) is 8.00. The molecule has 1 amide bonds. The minimum atomic E-state index is -3.74. The van der Waals surface area contributed by atoms with Crippen molar-refractivity contribution in [2.45, 2.75) is 4.90 Å². The summed E-state index contributed by atoms with van der Waals surface area (Å²) in [5, 5.41) is 3.42. The minimum Gasteiger partial charge on any atom is -0.321 e. The topological polar surface area (TPSA) is 75.3 Å². The van der Waals surface area contributed by atoms with Crippen LogP contribution in [0.3, 0.4) is 0 Å². The summed E-state index contributed by atoms with van der Waals surface area (Å²) in [5.41, 5.74) is 1.16. The van der Waals surface area contributed by atoms with Crippen LogP contribution in [0, 0.1) is 0 Å². The lowest BCUT2D eigenvalue weighted by Gasteiger charge is -2.10. The van der Waals surface area contributed by atoms with Gasteiger partial charge in [-0.15, -0.1) is 0 Å².